The van der Waals surface area contributed by atoms with E-state index in [-0.39, 0.29) is 16.7 Å². The summed E-state index contributed by atoms with van der Waals surface area (Å²) in [5.41, 5.74) is 0.0594. The van der Waals surface area contributed by atoms with Gasteiger partial charge in [0.25, 0.3) is 5.91 Å². The summed E-state index contributed by atoms with van der Waals surface area (Å²) in [4.78, 5) is 17.0. The van der Waals surface area contributed by atoms with E-state index in [9.17, 15) is 18.0 Å². The van der Waals surface area contributed by atoms with Crippen molar-refractivity contribution >= 4 is 5.91 Å². The smallest absolute Gasteiger partial charge is 0.416 e. The highest BCUT2D eigenvalue weighted by molar-refractivity contribution is 5.97. The molecule has 1 heterocycles. The topological polar surface area (TPSA) is 48.5 Å². The number of amides is 1. The molecule has 1 amide bonds. The first-order valence-electron chi connectivity index (χ1n) is 9.51. The van der Waals surface area contributed by atoms with Crippen LogP contribution in [0, 0.1) is 0 Å². The third-order valence-electron chi connectivity index (χ3n) is 4.71. The fourth-order valence-corrected chi connectivity index (χ4v) is 3.15. The molecule has 160 valence electrons. The molecule has 0 aliphatic rings. The zero-order valence-corrected chi connectivity index (χ0v) is 17.7. The predicted molar refractivity (Wildman–Crippen MR) is 105 cm³/mol. The van der Waals surface area contributed by atoms with E-state index in [4.69, 9.17) is 4.74 Å². The molecule has 8 heteroatoms. The van der Waals surface area contributed by atoms with Crippen LogP contribution in [-0.2, 0) is 25.2 Å². The van der Waals surface area contributed by atoms with E-state index in [1.807, 2.05) is 43.2 Å². The molecule has 0 unspecified atom stereocenters. The van der Waals surface area contributed by atoms with Crippen LogP contribution >= 0.6 is 0 Å². The van der Waals surface area contributed by atoms with Crippen LogP contribution in [0.5, 0.6) is 5.75 Å². The van der Waals surface area contributed by atoms with Gasteiger partial charge in [-0.1, -0.05) is 34.1 Å². The minimum atomic E-state index is -4.56. The zero-order valence-electron chi connectivity index (χ0n) is 17.7. The summed E-state index contributed by atoms with van der Waals surface area (Å²) in [6.07, 6.45) is -2.72. The Morgan fingerprint density at radius 1 is 1.17 bits per heavy atom. The van der Waals surface area contributed by atoms with Crippen LogP contribution in [0.1, 0.15) is 62.2 Å². The second-order valence-electron chi connectivity index (χ2n) is 7.97. The number of hydrogen-bond donors (Lipinski definition) is 0. The minimum Gasteiger partial charge on any atom is -0.496 e. The average Bonchev–Trinajstić information content (AvgIpc) is 2.94. The lowest BCUT2D eigenvalue weighted by Gasteiger charge is -2.20. The van der Waals surface area contributed by atoms with E-state index in [0.29, 0.717) is 12.0 Å². The minimum absolute atomic E-state index is 0.0545. The van der Waals surface area contributed by atoms with Crippen LogP contribution in [0.2, 0.25) is 0 Å². The zero-order chi connectivity index (χ0) is 22.0. The Morgan fingerprint density at radius 3 is 2.34 bits per heavy atom. The summed E-state index contributed by atoms with van der Waals surface area (Å²) < 4.78 is 48.2. The molecule has 0 fully saturated rings. The monoisotopic (exact) mass is 411 g/mol. The number of nitrogens with zero attached hydrogens (tertiary/aromatic N) is 3. The Labute approximate surface area is 168 Å². The average molecular weight is 411 g/mol. The largest absolute Gasteiger partial charge is 0.496 e. The van der Waals surface area contributed by atoms with Crippen LogP contribution in [0.4, 0.5) is 13.2 Å². The van der Waals surface area contributed by atoms with E-state index in [1.54, 1.807) is 0 Å². The third kappa shape index (κ3) is 5.10. The number of carbonyl (C=O) groups is 1. The highest BCUT2D eigenvalue weighted by atomic mass is 19.4. The van der Waals surface area contributed by atoms with Crippen LogP contribution in [0.15, 0.2) is 29.3 Å². The maximum absolute atomic E-state index is 13.1. The molecule has 1 aromatic heterocycles. The molecule has 0 bridgehead atoms. The van der Waals surface area contributed by atoms with E-state index >= 15 is 0 Å². The van der Waals surface area contributed by atoms with Crippen molar-refractivity contribution in [1.29, 1.82) is 0 Å². The standard InChI is InChI=1S/C21H28F3N3O2/c1-7-8-11-27-18(13-17(26(27)5)20(2,3)4)25-19(28)15-12-14(21(22,23)24)9-10-16(15)29-6/h9-10,12-13H,7-8,11H2,1-6H3/b25-18+. The number of benzene rings is 1. The van der Waals surface area contributed by atoms with Gasteiger partial charge in [-0.05, 0) is 24.6 Å². The van der Waals surface area contributed by atoms with Gasteiger partial charge < -0.3 is 4.74 Å². The van der Waals surface area contributed by atoms with Gasteiger partial charge in [-0.15, -0.1) is 0 Å². The Hall–Kier alpha value is -2.51. The van der Waals surface area contributed by atoms with Gasteiger partial charge in [-0.2, -0.15) is 18.2 Å². The predicted octanol–water partition coefficient (Wildman–Crippen LogP) is 4.69. The van der Waals surface area contributed by atoms with Crippen molar-refractivity contribution in [2.24, 2.45) is 12.0 Å². The Balaban J connectivity index is 2.63. The van der Waals surface area contributed by atoms with Crippen molar-refractivity contribution in [3.63, 3.8) is 0 Å². The maximum Gasteiger partial charge on any atom is 0.416 e. The van der Waals surface area contributed by atoms with Crippen LogP contribution in [-0.4, -0.2) is 22.4 Å². The number of methoxy groups -OCH3 is 1. The first-order chi connectivity index (χ1) is 13.4. The third-order valence-corrected chi connectivity index (χ3v) is 4.71. The first-order valence-corrected chi connectivity index (χ1v) is 9.51. The lowest BCUT2D eigenvalue weighted by molar-refractivity contribution is -0.137. The van der Waals surface area contributed by atoms with Gasteiger partial charge in [0.15, 0.2) is 5.49 Å². The van der Waals surface area contributed by atoms with Gasteiger partial charge >= 0.3 is 6.18 Å². The summed E-state index contributed by atoms with van der Waals surface area (Å²) in [6, 6.07) is 4.63. The fraction of sp³-hybridized carbons (Fsp3) is 0.524. The van der Waals surface area contributed by atoms with Gasteiger partial charge in [0.1, 0.15) is 5.75 Å². The summed E-state index contributed by atoms with van der Waals surface area (Å²) in [6.45, 7) is 8.86. The van der Waals surface area contributed by atoms with Crippen LogP contribution in [0.25, 0.3) is 0 Å². The Bertz CT molecular complexity index is 948. The number of halogens is 3. The molecule has 2 aromatic rings. The molecule has 0 atom stereocenters. The van der Waals surface area contributed by atoms with Crippen molar-refractivity contribution < 1.29 is 22.7 Å². The highest BCUT2D eigenvalue weighted by Gasteiger charge is 2.32. The molecule has 0 N–H and O–H groups in total. The second-order valence-corrected chi connectivity index (χ2v) is 7.97. The summed E-state index contributed by atoms with van der Waals surface area (Å²) in [5.74, 6) is -0.719. The molecule has 1 aromatic carbocycles. The molecule has 0 saturated heterocycles. The van der Waals surface area contributed by atoms with E-state index in [0.717, 1.165) is 36.7 Å². The fourth-order valence-electron chi connectivity index (χ4n) is 3.15. The molecule has 0 saturated carbocycles. The SMILES string of the molecule is CCCCn1/c(=N/C(=O)c2cc(C(F)(F)F)ccc2OC)cc(C(C)(C)C)n1C. The maximum atomic E-state index is 13.1. The van der Waals surface area contributed by atoms with Gasteiger partial charge in [-0.25, -0.2) is 0 Å². The number of carbonyl (C=O) groups excluding carboxylic acids is 1. The van der Waals surface area contributed by atoms with Crippen LogP contribution in [0.3, 0.4) is 0 Å². The molecule has 2 rings (SSSR count). The van der Waals surface area contributed by atoms with Crippen molar-refractivity contribution in [1.82, 2.24) is 9.36 Å². The van der Waals surface area contributed by atoms with Gasteiger partial charge in [0.05, 0.1) is 18.2 Å². The van der Waals surface area contributed by atoms with Crippen LogP contribution < -0.4 is 10.2 Å². The van der Waals surface area contributed by atoms with E-state index in [1.165, 1.54) is 7.11 Å². The number of hydrogen-bond acceptors (Lipinski definition) is 2. The number of rotatable bonds is 5. The van der Waals surface area contributed by atoms with Crippen molar-refractivity contribution in [2.75, 3.05) is 7.11 Å². The van der Waals surface area contributed by atoms with Gasteiger partial charge in [-0.3, -0.25) is 14.2 Å². The molecule has 29 heavy (non-hydrogen) atoms. The lowest BCUT2D eigenvalue weighted by atomic mass is 9.92. The molecular formula is C21H28F3N3O2. The van der Waals surface area contributed by atoms with E-state index < -0.39 is 17.6 Å². The Kier molecular flexibility index (Phi) is 6.65. The lowest BCUT2D eigenvalue weighted by Crippen LogP contribution is -2.25. The molecule has 0 aliphatic carbocycles. The highest BCUT2D eigenvalue weighted by Crippen LogP contribution is 2.32. The second kappa shape index (κ2) is 8.47. The van der Waals surface area contributed by atoms with Gasteiger partial charge in [0, 0.05) is 30.8 Å². The molecular weight excluding hydrogens is 383 g/mol. The van der Waals surface area contributed by atoms with Crippen molar-refractivity contribution in [2.45, 2.75) is 58.7 Å². The summed E-state index contributed by atoms with van der Waals surface area (Å²) in [7, 11) is 3.20. The van der Waals surface area contributed by atoms with E-state index in [2.05, 4.69) is 11.9 Å². The number of ether oxygens (including phenoxy) is 1. The molecule has 5 nitrogen and oxygen atoms in total. The summed E-state index contributed by atoms with van der Waals surface area (Å²) in [5, 5.41) is 0. The Morgan fingerprint density at radius 2 is 1.83 bits per heavy atom. The quantitative estimate of drug-likeness (QED) is 0.717. The van der Waals surface area contributed by atoms with Crippen molar-refractivity contribution in [3.8, 4) is 5.75 Å². The normalized spacial score (nSPS) is 13.1. The summed E-state index contributed by atoms with van der Waals surface area (Å²) >= 11 is 0. The molecule has 0 spiro atoms. The van der Waals surface area contributed by atoms with Gasteiger partial charge in [0.2, 0.25) is 0 Å². The molecule has 0 radical (unpaired) electrons. The first kappa shape index (κ1) is 22.8. The number of unbranched alkanes of at least 4 members (excludes halogenated alkanes) is 1. The molecule has 0 aliphatic heterocycles. The number of alkyl halides is 3. The van der Waals surface area contributed by atoms with Crippen molar-refractivity contribution in [3.05, 3.63) is 46.6 Å². The number of aromatic nitrogens is 2.